The van der Waals surface area contributed by atoms with E-state index < -0.39 is 11.9 Å². The molecule has 0 unspecified atom stereocenters. The normalized spacial score (nSPS) is 19.8. The summed E-state index contributed by atoms with van der Waals surface area (Å²) >= 11 is 6.07. The van der Waals surface area contributed by atoms with Gasteiger partial charge in [-0.05, 0) is 48.1 Å². The zero-order chi connectivity index (χ0) is 24.4. The summed E-state index contributed by atoms with van der Waals surface area (Å²) in [6.45, 7) is 2.06. The van der Waals surface area contributed by atoms with Gasteiger partial charge in [0.1, 0.15) is 6.61 Å². The third-order valence-electron chi connectivity index (χ3n) is 6.73. The van der Waals surface area contributed by atoms with Crippen LogP contribution in [0.25, 0.3) is 0 Å². The van der Waals surface area contributed by atoms with Crippen molar-refractivity contribution in [3.63, 3.8) is 0 Å². The van der Waals surface area contributed by atoms with Crippen molar-refractivity contribution < 1.29 is 14.3 Å². The fourth-order valence-corrected chi connectivity index (χ4v) is 5.19. The summed E-state index contributed by atoms with van der Waals surface area (Å²) in [7, 11) is 0. The van der Waals surface area contributed by atoms with Gasteiger partial charge < -0.3 is 10.1 Å². The lowest BCUT2D eigenvalue weighted by Gasteiger charge is -2.36. The molecule has 0 saturated carbocycles. The van der Waals surface area contributed by atoms with E-state index in [-0.39, 0.29) is 18.3 Å². The molecule has 3 aromatic carbocycles. The molecule has 176 valence electrons. The van der Waals surface area contributed by atoms with Crippen LogP contribution in [-0.2, 0) is 20.9 Å². The molecule has 4 nitrogen and oxygen atoms in total. The number of halogens is 1. The van der Waals surface area contributed by atoms with Gasteiger partial charge in [-0.2, -0.15) is 0 Å². The number of hydrogen-bond acceptors (Lipinski definition) is 4. The smallest absolute Gasteiger partial charge is 0.337 e. The van der Waals surface area contributed by atoms with E-state index in [0.717, 1.165) is 28.1 Å². The Bertz CT molecular complexity index is 1310. The Kier molecular flexibility index (Phi) is 6.56. The average Bonchev–Trinajstić information content (AvgIpc) is 2.88. The minimum Gasteiger partial charge on any atom is -0.457 e. The molecule has 2 aliphatic rings. The summed E-state index contributed by atoms with van der Waals surface area (Å²) in [4.78, 5) is 27.0. The number of benzene rings is 3. The molecule has 2 atom stereocenters. The van der Waals surface area contributed by atoms with Crippen molar-refractivity contribution in [2.75, 3.05) is 0 Å². The number of ketones is 1. The van der Waals surface area contributed by atoms with E-state index in [1.807, 2.05) is 91.9 Å². The Balaban J connectivity index is 1.49. The number of rotatable bonds is 5. The van der Waals surface area contributed by atoms with Gasteiger partial charge in [0.05, 0.1) is 5.57 Å². The first-order chi connectivity index (χ1) is 17.0. The molecular weight excluding hydrogens is 458 g/mol. The Morgan fingerprint density at radius 1 is 0.914 bits per heavy atom. The number of Topliss-reactive ketones (excluding diaryl/α,β-unsaturated/α-hetero) is 1. The number of nitrogens with one attached hydrogen (secondary N) is 1. The van der Waals surface area contributed by atoms with Crippen molar-refractivity contribution in [1.82, 2.24) is 5.32 Å². The number of ether oxygens (including phenoxy) is 1. The third-order valence-corrected chi connectivity index (χ3v) is 6.99. The molecule has 35 heavy (non-hydrogen) atoms. The molecular formula is C30H26ClNO3. The quantitative estimate of drug-likeness (QED) is 0.424. The van der Waals surface area contributed by atoms with Crippen molar-refractivity contribution >= 4 is 23.4 Å². The Morgan fingerprint density at radius 2 is 1.57 bits per heavy atom. The second-order valence-corrected chi connectivity index (χ2v) is 9.48. The molecule has 1 heterocycles. The second kappa shape index (κ2) is 9.93. The zero-order valence-corrected chi connectivity index (χ0v) is 20.2. The van der Waals surface area contributed by atoms with E-state index in [0.29, 0.717) is 29.0 Å². The summed E-state index contributed by atoms with van der Waals surface area (Å²) in [6, 6.07) is 27.0. The number of esters is 1. The van der Waals surface area contributed by atoms with Crippen molar-refractivity contribution in [1.29, 1.82) is 0 Å². The van der Waals surface area contributed by atoms with Crippen LogP contribution < -0.4 is 5.32 Å². The number of carbonyl (C=O) groups excluding carboxylic acids is 2. The average molecular weight is 484 g/mol. The monoisotopic (exact) mass is 483 g/mol. The van der Waals surface area contributed by atoms with E-state index in [1.54, 1.807) is 0 Å². The van der Waals surface area contributed by atoms with Crippen LogP contribution in [0.1, 0.15) is 48.3 Å². The summed E-state index contributed by atoms with van der Waals surface area (Å²) in [5.74, 6) is -0.767. The van der Waals surface area contributed by atoms with Crippen LogP contribution in [0, 0.1) is 0 Å². The first-order valence-corrected chi connectivity index (χ1v) is 12.1. The second-order valence-electron chi connectivity index (χ2n) is 9.04. The van der Waals surface area contributed by atoms with Gasteiger partial charge in [-0.25, -0.2) is 4.79 Å². The van der Waals surface area contributed by atoms with E-state index in [4.69, 9.17) is 16.3 Å². The molecule has 0 saturated heterocycles. The predicted octanol–water partition coefficient (Wildman–Crippen LogP) is 6.45. The van der Waals surface area contributed by atoms with Crippen LogP contribution in [0.15, 0.2) is 107 Å². The Morgan fingerprint density at radius 3 is 2.26 bits per heavy atom. The zero-order valence-electron chi connectivity index (χ0n) is 19.5. The van der Waals surface area contributed by atoms with Crippen LogP contribution in [0.5, 0.6) is 0 Å². The van der Waals surface area contributed by atoms with Crippen LogP contribution in [0.2, 0.25) is 5.02 Å². The molecule has 0 fully saturated rings. The number of allylic oxidation sites excluding steroid dienone is 3. The van der Waals surface area contributed by atoms with Crippen LogP contribution in [-0.4, -0.2) is 11.8 Å². The molecule has 5 heteroatoms. The van der Waals surface area contributed by atoms with Crippen molar-refractivity contribution in [2.45, 2.75) is 38.2 Å². The Hall–Kier alpha value is -3.63. The maximum atomic E-state index is 13.6. The maximum absolute atomic E-state index is 13.6. The lowest BCUT2D eigenvalue weighted by atomic mass is 9.72. The van der Waals surface area contributed by atoms with Gasteiger partial charge in [0, 0.05) is 34.3 Å². The van der Waals surface area contributed by atoms with Gasteiger partial charge in [0.15, 0.2) is 5.78 Å². The molecule has 0 amide bonds. The van der Waals surface area contributed by atoms with Gasteiger partial charge in [-0.1, -0.05) is 84.4 Å². The van der Waals surface area contributed by atoms with Crippen LogP contribution >= 0.6 is 11.6 Å². The lowest BCUT2D eigenvalue weighted by molar-refractivity contribution is -0.140. The van der Waals surface area contributed by atoms with Gasteiger partial charge in [0.2, 0.25) is 0 Å². The number of dihydropyridines is 1. The summed E-state index contributed by atoms with van der Waals surface area (Å²) in [5.41, 5.74) is 5.67. The maximum Gasteiger partial charge on any atom is 0.337 e. The highest BCUT2D eigenvalue weighted by atomic mass is 35.5. The third kappa shape index (κ3) is 4.80. The van der Waals surface area contributed by atoms with Gasteiger partial charge >= 0.3 is 5.97 Å². The van der Waals surface area contributed by atoms with Gasteiger partial charge in [0.25, 0.3) is 0 Å². The largest absolute Gasteiger partial charge is 0.457 e. The molecule has 1 aliphatic heterocycles. The van der Waals surface area contributed by atoms with E-state index in [2.05, 4.69) is 5.32 Å². The molecule has 1 aliphatic carbocycles. The van der Waals surface area contributed by atoms with Crippen molar-refractivity contribution in [3.05, 3.63) is 129 Å². The molecule has 3 aromatic rings. The predicted molar refractivity (Wildman–Crippen MR) is 137 cm³/mol. The van der Waals surface area contributed by atoms with E-state index in [9.17, 15) is 9.59 Å². The first-order valence-electron chi connectivity index (χ1n) is 11.8. The molecule has 1 N–H and O–H groups in total. The Labute approximate surface area is 210 Å². The van der Waals surface area contributed by atoms with Crippen molar-refractivity contribution in [3.8, 4) is 0 Å². The van der Waals surface area contributed by atoms with Gasteiger partial charge in [-0.3, -0.25) is 4.79 Å². The van der Waals surface area contributed by atoms with Gasteiger partial charge in [-0.15, -0.1) is 0 Å². The fourth-order valence-electron chi connectivity index (χ4n) is 5.06. The minimum atomic E-state index is -0.464. The van der Waals surface area contributed by atoms with Crippen LogP contribution in [0.4, 0.5) is 0 Å². The first kappa shape index (κ1) is 23.1. The topological polar surface area (TPSA) is 55.4 Å². The highest BCUT2D eigenvalue weighted by molar-refractivity contribution is 6.30. The minimum absolute atomic E-state index is 0.0495. The summed E-state index contributed by atoms with van der Waals surface area (Å²) in [5, 5.41) is 4.07. The lowest BCUT2D eigenvalue weighted by Crippen LogP contribution is -2.36. The van der Waals surface area contributed by atoms with Crippen LogP contribution in [0.3, 0.4) is 0 Å². The van der Waals surface area contributed by atoms with E-state index in [1.165, 1.54) is 0 Å². The van der Waals surface area contributed by atoms with E-state index >= 15 is 0 Å². The number of hydrogen-bond donors (Lipinski definition) is 1. The molecule has 0 spiro atoms. The molecule has 0 radical (unpaired) electrons. The standard InChI is InChI=1S/C30H26ClNO3/c1-19-27(30(34)35-18-20-8-4-2-5-9-20)28(22-10-6-3-7-11-22)29-25(32-19)16-23(17-26(29)33)21-12-14-24(31)15-13-21/h2-15,23,28,32H,16-18H2,1H3/t23-,28-/m0/s1. The van der Waals surface area contributed by atoms with Crippen molar-refractivity contribution in [2.24, 2.45) is 0 Å². The SMILES string of the molecule is CC1=C(C(=O)OCc2ccccc2)[C@H](c2ccccc2)C2=C(C[C@H](c3ccc(Cl)cc3)CC2=O)N1. The fraction of sp³-hybridized carbons (Fsp3) is 0.200. The highest BCUT2D eigenvalue weighted by Crippen LogP contribution is 2.45. The molecule has 5 rings (SSSR count). The molecule has 0 bridgehead atoms. The highest BCUT2D eigenvalue weighted by Gasteiger charge is 2.41. The summed E-state index contributed by atoms with van der Waals surface area (Å²) < 4.78 is 5.72. The number of carbonyl (C=O) groups is 2. The molecule has 0 aromatic heterocycles. The summed E-state index contributed by atoms with van der Waals surface area (Å²) in [6.07, 6.45) is 1.08.